The summed E-state index contributed by atoms with van der Waals surface area (Å²) in [5, 5.41) is 9.33. The number of aliphatic hydroxyl groups is 1. The topological polar surface area (TPSA) is 75.6 Å². The second kappa shape index (κ2) is 6.38. The number of benzene rings is 1. The van der Waals surface area contributed by atoms with E-state index >= 15 is 0 Å². The molecule has 0 aromatic heterocycles. The van der Waals surface area contributed by atoms with Crippen molar-refractivity contribution >= 4 is 21.6 Å². The Labute approximate surface area is 112 Å². The van der Waals surface area contributed by atoms with E-state index in [9.17, 15) is 8.42 Å². The normalized spacial score (nSPS) is 13.3. The van der Waals surface area contributed by atoms with Gasteiger partial charge in [0.05, 0.1) is 13.7 Å². The zero-order valence-electron chi connectivity index (χ0n) is 10.2. The third-order valence-electron chi connectivity index (χ3n) is 2.45. The smallest absolute Gasteiger partial charge is 0.244 e. The maximum absolute atomic E-state index is 12.1. The van der Waals surface area contributed by atoms with Crippen LogP contribution in [0.5, 0.6) is 5.75 Å². The number of methoxy groups -OCH3 is 1. The molecule has 0 radical (unpaired) electrons. The maximum Gasteiger partial charge on any atom is 0.244 e. The van der Waals surface area contributed by atoms with Crippen molar-refractivity contribution in [2.24, 2.45) is 0 Å². The second-order valence-corrected chi connectivity index (χ2v) is 5.82. The third kappa shape index (κ3) is 3.58. The average Bonchev–Trinajstić information content (AvgIpc) is 2.36. The van der Waals surface area contributed by atoms with Crippen LogP contribution in [0.4, 0.5) is 0 Å². The fourth-order valence-corrected chi connectivity index (χ4v) is 3.14. The van der Waals surface area contributed by atoms with E-state index in [0.717, 1.165) is 0 Å². The first kappa shape index (κ1) is 15.2. The van der Waals surface area contributed by atoms with Gasteiger partial charge in [0.1, 0.15) is 10.6 Å². The summed E-state index contributed by atoms with van der Waals surface area (Å²) >= 11 is 5.79. The predicted molar refractivity (Wildman–Crippen MR) is 69.5 cm³/mol. The maximum atomic E-state index is 12.1. The van der Waals surface area contributed by atoms with Gasteiger partial charge in [-0.05, 0) is 24.6 Å². The summed E-state index contributed by atoms with van der Waals surface area (Å²) in [6.45, 7) is 1.51. The van der Waals surface area contributed by atoms with Crippen LogP contribution in [-0.2, 0) is 10.0 Å². The quantitative estimate of drug-likeness (QED) is 0.831. The molecule has 1 rings (SSSR count). The van der Waals surface area contributed by atoms with Crippen LogP contribution >= 0.6 is 11.6 Å². The van der Waals surface area contributed by atoms with Crippen LogP contribution in [0.2, 0.25) is 5.02 Å². The lowest BCUT2D eigenvalue weighted by Crippen LogP contribution is -2.37. The third-order valence-corrected chi connectivity index (χ3v) is 4.23. The van der Waals surface area contributed by atoms with Crippen LogP contribution in [0.1, 0.15) is 13.3 Å². The van der Waals surface area contributed by atoms with Crippen molar-refractivity contribution in [2.75, 3.05) is 13.7 Å². The molecule has 0 saturated carbocycles. The molecule has 18 heavy (non-hydrogen) atoms. The molecule has 1 aromatic rings. The Morgan fingerprint density at radius 1 is 1.50 bits per heavy atom. The molecule has 0 aliphatic rings. The van der Waals surface area contributed by atoms with Gasteiger partial charge in [-0.3, -0.25) is 0 Å². The summed E-state index contributed by atoms with van der Waals surface area (Å²) in [5.41, 5.74) is 0. The first-order chi connectivity index (χ1) is 8.44. The Bertz CT molecular complexity index is 500. The summed E-state index contributed by atoms with van der Waals surface area (Å²) in [4.78, 5) is -0.0376. The first-order valence-electron chi connectivity index (χ1n) is 5.41. The molecule has 1 unspecified atom stereocenters. The zero-order chi connectivity index (χ0) is 13.8. The molecule has 5 nitrogen and oxygen atoms in total. The summed E-state index contributed by atoms with van der Waals surface area (Å²) in [7, 11) is -2.39. The van der Waals surface area contributed by atoms with Crippen LogP contribution in [0, 0.1) is 0 Å². The largest absolute Gasteiger partial charge is 0.495 e. The Morgan fingerprint density at radius 3 is 2.67 bits per heavy atom. The molecule has 0 amide bonds. The molecule has 0 bridgehead atoms. The lowest BCUT2D eigenvalue weighted by atomic mass is 10.3. The molecule has 0 spiro atoms. The van der Waals surface area contributed by atoms with E-state index in [1.54, 1.807) is 13.0 Å². The number of halogens is 1. The molecule has 0 aliphatic heterocycles. The molecular weight excluding hydrogens is 278 g/mol. The molecule has 0 saturated heterocycles. The number of hydrogen-bond acceptors (Lipinski definition) is 4. The van der Waals surface area contributed by atoms with Gasteiger partial charge in [-0.15, -0.1) is 0 Å². The van der Waals surface area contributed by atoms with Gasteiger partial charge in [-0.25, -0.2) is 13.1 Å². The SMILES string of the molecule is CCC(CO)NS(=O)(=O)c1cc(Cl)ccc1OC. The van der Waals surface area contributed by atoms with Crippen molar-refractivity contribution in [2.45, 2.75) is 24.3 Å². The molecular formula is C11H16ClNO4S. The fourth-order valence-electron chi connectivity index (χ4n) is 1.39. The van der Waals surface area contributed by atoms with Crippen LogP contribution in [0.3, 0.4) is 0 Å². The van der Waals surface area contributed by atoms with Gasteiger partial charge < -0.3 is 9.84 Å². The van der Waals surface area contributed by atoms with Crippen molar-refractivity contribution in [1.82, 2.24) is 4.72 Å². The molecule has 0 heterocycles. The highest BCUT2D eigenvalue weighted by Crippen LogP contribution is 2.27. The van der Waals surface area contributed by atoms with Gasteiger partial charge in [0.25, 0.3) is 0 Å². The highest BCUT2D eigenvalue weighted by atomic mass is 35.5. The van der Waals surface area contributed by atoms with Crippen LogP contribution in [0.25, 0.3) is 0 Å². The standard InChI is InChI=1S/C11H16ClNO4S/c1-3-9(7-14)13-18(15,16)11-6-8(12)4-5-10(11)17-2/h4-6,9,13-14H,3,7H2,1-2H3. The minimum Gasteiger partial charge on any atom is -0.495 e. The van der Waals surface area contributed by atoms with E-state index in [2.05, 4.69) is 4.72 Å². The molecule has 2 N–H and O–H groups in total. The highest BCUT2D eigenvalue weighted by Gasteiger charge is 2.22. The number of rotatable bonds is 6. The Hall–Kier alpha value is -0.820. The van der Waals surface area contributed by atoms with Gasteiger partial charge in [-0.2, -0.15) is 0 Å². The van der Waals surface area contributed by atoms with Crippen molar-refractivity contribution in [3.63, 3.8) is 0 Å². The number of aliphatic hydroxyl groups excluding tert-OH is 1. The van der Waals surface area contributed by atoms with Crippen molar-refractivity contribution in [3.05, 3.63) is 23.2 Å². The fraction of sp³-hybridized carbons (Fsp3) is 0.455. The summed E-state index contributed by atoms with van der Waals surface area (Å²) in [5.74, 6) is 0.208. The van der Waals surface area contributed by atoms with Crippen LogP contribution in [0.15, 0.2) is 23.1 Å². The molecule has 0 aliphatic carbocycles. The van der Waals surface area contributed by atoms with Gasteiger partial charge >= 0.3 is 0 Å². The number of nitrogens with one attached hydrogen (secondary N) is 1. The molecule has 0 fully saturated rings. The second-order valence-electron chi connectivity index (χ2n) is 3.70. The summed E-state index contributed by atoms with van der Waals surface area (Å²) in [6, 6.07) is 3.81. The van der Waals surface area contributed by atoms with E-state index in [0.29, 0.717) is 11.4 Å². The highest BCUT2D eigenvalue weighted by molar-refractivity contribution is 7.89. The number of hydrogen-bond donors (Lipinski definition) is 2. The van der Waals surface area contributed by atoms with E-state index in [1.165, 1.54) is 19.2 Å². The minimum atomic E-state index is -3.77. The predicted octanol–water partition coefficient (Wildman–Crippen LogP) is 1.40. The average molecular weight is 294 g/mol. The monoisotopic (exact) mass is 293 g/mol. The summed E-state index contributed by atoms with van der Waals surface area (Å²) in [6.07, 6.45) is 0.485. The summed E-state index contributed by atoms with van der Waals surface area (Å²) < 4.78 is 31.7. The van der Waals surface area contributed by atoms with E-state index < -0.39 is 16.1 Å². The molecule has 1 atom stereocenters. The number of ether oxygens (including phenoxy) is 1. The van der Waals surface area contributed by atoms with Crippen LogP contribution < -0.4 is 9.46 Å². The van der Waals surface area contributed by atoms with Gasteiger partial charge in [0.15, 0.2) is 0 Å². The number of sulfonamides is 1. The zero-order valence-corrected chi connectivity index (χ0v) is 11.8. The van der Waals surface area contributed by atoms with Gasteiger partial charge in [0.2, 0.25) is 10.0 Å². The molecule has 7 heteroatoms. The van der Waals surface area contributed by atoms with Crippen molar-refractivity contribution in [1.29, 1.82) is 0 Å². The van der Waals surface area contributed by atoms with Crippen molar-refractivity contribution in [3.8, 4) is 5.75 Å². The minimum absolute atomic E-state index is 0.0376. The molecule has 102 valence electrons. The lowest BCUT2D eigenvalue weighted by Gasteiger charge is -2.16. The van der Waals surface area contributed by atoms with E-state index in [1.807, 2.05) is 0 Å². The van der Waals surface area contributed by atoms with Gasteiger partial charge in [-0.1, -0.05) is 18.5 Å². The van der Waals surface area contributed by atoms with E-state index in [-0.39, 0.29) is 17.3 Å². The van der Waals surface area contributed by atoms with E-state index in [4.69, 9.17) is 21.4 Å². The lowest BCUT2D eigenvalue weighted by molar-refractivity contribution is 0.253. The van der Waals surface area contributed by atoms with Gasteiger partial charge in [0, 0.05) is 11.1 Å². The Balaban J connectivity index is 3.15. The Morgan fingerprint density at radius 2 is 2.17 bits per heavy atom. The van der Waals surface area contributed by atoms with Crippen molar-refractivity contribution < 1.29 is 18.3 Å². The first-order valence-corrected chi connectivity index (χ1v) is 7.27. The van der Waals surface area contributed by atoms with Crippen LogP contribution in [-0.4, -0.2) is 33.3 Å². The molecule has 1 aromatic carbocycles. The Kier molecular flexibility index (Phi) is 5.40.